The maximum Gasteiger partial charge on any atom is 0.172 e. The van der Waals surface area contributed by atoms with Crippen LogP contribution in [0.3, 0.4) is 0 Å². The number of ketones is 1. The smallest absolute Gasteiger partial charge is 0.172 e. The predicted molar refractivity (Wildman–Crippen MR) is 162 cm³/mol. The van der Waals surface area contributed by atoms with Gasteiger partial charge in [-0.05, 0) is 86.1 Å². The number of carbonyl (C=O) groups excluding carboxylic acids is 1. The van der Waals surface area contributed by atoms with E-state index in [1.54, 1.807) is 0 Å². The van der Waals surface area contributed by atoms with E-state index in [1.165, 1.54) is 40.6 Å². The van der Waals surface area contributed by atoms with Crippen LogP contribution >= 0.6 is 0 Å². The highest BCUT2D eigenvalue weighted by molar-refractivity contribution is 6.05. The molecule has 0 bridgehead atoms. The van der Waals surface area contributed by atoms with Crippen molar-refractivity contribution in [1.29, 1.82) is 0 Å². The van der Waals surface area contributed by atoms with Crippen LogP contribution in [0.4, 0.5) is 5.69 Å². The second kappa shape index (κ2) is 11.3. The summed E-state index contributed by atoms with van der Waals surface area (Å²) >= 11 is 0. The van der Waals surface area contributed by atoms with Crippen LogP contribution in [0.1, 0.15) is 70.0 Å². The minimum atomic E-state index is -0.161. The van der Waals surface area contributed by atoms with Gasteiger partial charge in [-0.2, -0.15) is 0 Å². The lowest BCUT2D eigenvalue weighted by Gasteiger charge is -2.24. The highest BCUT2D eigenvalue weighted by Gasteiger charge is 2.33. The standard InChI is InChI=1S/C35H37N3O2/c1-23-20-24(2)38-32-13-7-10-28(30(32)22-33(38)37-23)21-25-14-16-27(17-15-25)34(26-8-3-4-9-26)35(40)29-11-5-6-12-31(29)36-18-19-39/h5-7,10-17,20,22,26,34,36,39H,3-4,8-9,18-19,21H2,1-2H3/t34-/m0/s1. The van der Waals surface area contributed by atoms with Crippen molar-refractivity contribution in [1.82, 2.24) is 9.38 Å². The van der Waals surface area contributed by atoms with Gasteiger partial charge in [-0.25, -0.2) is 4.98 Å². The van der Waals surface area contributed by atoms with Crippen LogP contribution in [-0.2, 0) is 6.42 Å². The van der Waals surface area contributed by atoms with E-state index in [4.69, 9.17) is 4.98 Å². The Bertz CT molecular complexity index is 1660. The van der Waals surface area contributed by atoms with Crippen LogP contribution < -0.4 is 5.32 Å². The Hall–Kier alpha value is -3.96. The van der Waals surface area contributed by atoms with Crippen molar-refractivity contribution in [3.63, 3.8) is 0 Å². The molecule has 5 aromatic rings. The molecule has 1 aliphatic rings. The monoisotopic (exact) mass is 531 g/mol. The first-order chi connectivity index (χ1) is 19.5. The van der Waals surface area contributed by atoms with Gasteiger partial charge in [-0.15, -0.1) is 0 Å². The van der Waals surface area contributed by atoms with Gasteiger partial charge >= 0.3 is 0 Å². The third-order valence-electron chi connectivity index (χ3n) is 8.49. The normalized spacial score (nSPS) is 14.7. The van der Waals surface area contributed by atoms with Gasteiger partial charge in [0, 0.05) is 34.6 Å². The van der Waals surface area contributed by atoms with Gasteiger partial charge in [0.05, 0.1) is 18.0 Å². The molecule has 5 heteroatoms. The third kappa shape index (κ3) is 5.02. The van der Waals surface area contributed by atoms with Gasteiger partial charge in [0.2, 0.25) is 0 Å². The molecule has 0 unspecified atom stereocenters. The Balaban J connectivity index is 1.31. The number of nitrogens with zero attached hydrogens (tertiary/aromatic N) is 2. The molecule has 1 fully saturated rings. The summed E-state index contributed by atoms with van der Waals surface area (Å²) in [5.74, 6) is 0.362. The number of aliphatic hydroxyl groups is 1. The molecule has 2 heterocycles. The minimum Gasteiger partial charge on any atom is -0.395 e. The lowest BCUT2D eigenvalue weighted by molar-refractivity contribution is 0.0930. The Morgan fingerprint density at radius 2 is 1.77 bits per heavy atom. The van der Waals surface area contributed by atoms with Crippen molar-refractivity contribution in [2.24, 2.45) is 5.92 Å². The quantitative estimate of drug-likeness (QED) is 0.197. The molecule has 0 radical (unpaired) electrons. The number of anilines is 1. The molecule has 1 atom stereocenters. The minimum absolute atomic E-state index is 0.0267. The van der Waals surface area contributed by atoms with Crippen molar-refractivity contribution in [2.75, 3.05) is 18.5 Å². The van der Waals surface area contributed by atoms with E-state index < -0.39 is 0 Å². The van der Waals surface area contributed by atoms with Crippen molar-refractivity contribution < 1.29 is 9.90 Å². The molecule has 0 saturated heterocycles. The molecular formula is C35H37N3O2. The number of aromatic nitrogens is 2. The van der Waals surface area contributed by atoms with Crippen molar-refractivity contribution in [3.05, 3.63) is 113 Å². The second-order valence-electron chi connectivity index (χ2n) is 11.2. The van der Waals surface area contributed by atoms with Crippen LogP contribution in [0.5, 0.6) is 0 Å². The molecule has 2 aromatic heterocycles. The number of hydrogen-bond donors (Lipinski definition) is 2. The number of benzene rings is 3. The molecule has 40 heavy (non-hydrogen) atoms. The van der Waals surface area contributed by atoms with E-state index in [-0.39, 0.29) is 18.3 Å². The number of rotatable bonds is 9. The van der Waals surface area contributed by atoms with Gasteiger partial charge in [0.25, 0.3) is 0 Å². The lowest BCUT2D eigenvalue weighted by Crippen LogP contribution is -2.22. The van der Waals surface area contributed by atoms with Gasteiger partial charge in [-0.1, -0.05) is 61.4 Å². The summed E-state index contributed by atoms with van der Waals surface area (Å²) in [7, 11) is 0. The fourth-order valence-corrected chi connectivity index (χ4v) is 6.67. The molecule has 0 aliphatic heterocycles. The largest absolute Gasteiger partial charge is 0.395 e. The molecule has 0 amide bonds. The van der Waals surface area contributed by atoms with Gasteiger partial charge in [-0.3, -0.25) is 9.20 Å². The van der Waals surface area contributed by atoms with E-state index in [1.807, 2.05) is 31.2 Å². The maximum atomic E-state index is 14.1. The third-order valence-corrected chi connectivity index (χ3v) is 8.49. The first-order valence-electron chi connectivity index (χ1n) is 14.5. The molecule has 0 spiro atoms. The van der Waals surface area contributed by atoms with Gasteiger partial charge in [0.15, 0.2) is 5.78 Å². The van der Waals surface area contributed by atoms with Gasteiger partial charge in [0.1, 0.15) is 5.65 Å². The van der Waals surface area contributed by atoms with Crippen LogP contribution in [0.25, 0.3) is 16.6 Å². The topological polar surface area (TPSA) is 66.6 Å². The molecule has 2 N–H and O–H groups in total. The molecule has 204 valence electrons. The van der Waals surface area contributed by atoms with Crippen molar-refractivity contribution >= 4 is 28.0 Å². The van der Waals surface area contributed by atoms with Crippen LogP contribution in [0, 0.1) is 19.8 Å². The van der Waals surface area contributed by atoms with E-state index in [2.05, 4.69) is 71.2 Å². The fourth-order valence-electron chi connectivity index (χ4n) is 6.67. The van der Waals surface area contributed by atoms with Crippen LogP contribution in [-0.4, -0.2) is 33.4 Å². The molecule has 1 saturated carbocycles. The average Bonchev–Trinajstić information content (AvgIpc) is 3.62. The summed E-state index contributed by atoms with van der Waals surface area (Å²) in [6, 6.07) is 27.3. The van der Waals surface area contributed by atoms with Crippen LogP contribution in [0.2, 0.25) is 0 Å². The van der Waals surface area contributed by atoms with E-state index in [0.29, 0.717) is 18.0 Å². The molecule has 1 aliphatic carbocycles. The number of Topliss-reactive ketones (excluding diaryl/α,β-unsaturated/α-hetero) is 1. The van der Waals surface area contributed by atoms with E-state index in [9.17, 15) is 9.90 Å². The molecule has 5 nitrogen and oxygen atoms in total. The number of aliphatic hydroxyl groups excluding tert-OH is 1. The summed E-state index contributed by atoms with van der Waals surface area (Å²) in [6.45, 7) is 4.63. The summed E-state index contributed by atoms with van der Waals surface area (Å²) in [4.78, 5) is 18.8. The number of fused-ring (bicyclic) bond motifs is 3. The van der Waals surface area contributed by atoms with E-state index in [0.717, 1.165) is 41.9 Å². The summed E-state index contributed by atoms with van der Waals surface area (Å²) in [5, 5.41) is 13.8. The predicted octanol–water partition coefficient (Wildman–Crippen LogP) is 7.26. The zero-order valence-corrected chi connectivity index (χ0v) is 23.4. The summed E-state index contributed by atoms with van der Waals surface area (Å²) in [6.07, 6.45) is 5.35. The Kier molecular flexibility index (Phi) is 7.40. The van der Waals surface area contributed by atoms with Crippen molar-refractivity contribution in [2.45, 2.75) is 51.9 Å². The molecular weight excluding hydrogens is 494 g/mol. The SMILES string of the molecule is Cc1cc(C)n2c(cc3c(Cc4ccc([C@@H](C(=O)c5ccccc5NCCO)C5CCCC5)cc4)cccc32)n1. The van der Waals surface area contributed by atoms with Gasteiger partial charge < -0.3 is 10.4 Å². The second-order valence-corrected chi connectivity index (χ2v) is 11.2. The first-order valence-corrected chi connectivity index (χ1v) is 14.5. The maximum absolute atomic E-state index is 14.1. The number of para-hydroxylation sites is 1. The van der Waals surface area contributed by atoms with Crippen LogP contribution in [0.15, 0.2) is 78.9 Å². The van der Waals surface area contributed by atoms with Crippen molar-refractivity contribution in [3.8, 4) is 0 Å². The number of carbonyl (C=O) groups is 1. The lowest BCUT2D eigenvalue weighted by atomic mass is 9.79. The summed E-state index contributed by atoms with van der Waals surface area (Å²) in [5.41, 5.74) is 9.52. The Morgan fingerprint density at radius 3 is 2.55 bits per heavy atom. The zero-order valence-electron chi connectivity index (χ0n) is 23.4. The average molecular weight is 532 g/mol. The number of nitrogens with one attached hydrogen (secondary N) is 1. The number of aryl methyl sites for hydroxylation is 2. The zero-order chi connectivity index (χ0) is 27.6. The summed E-state index contributed by atoms with van der Waals surface area (Å²) < 4.78 is 2.24. The molecule has 3 aromatic carbocycles. The Morgan fingerprint density at radius 1 is 1.00 bits per heavy atom. The van der Waals surface area contributed by atoms with E-state index >= 15 is 0 Å². The molecule has 6 rings (SSSR count). The number of hydrogen-bond acceptors (Lipinski definition) is 4. The highest BCUT2D eigenvalue weighted by Crippen LogP contribution is 2.40. The first kappa shape index (κ1) is 26.3. The fraction of sp³-hybridized carbons (Fsp3) is 0.314. The highest BCUT2D eigenvalue weighted by atomic mass is 16.3. The Labute approximate surface area is 235 Å².